The molecule has 0 bridgehead atoms. The summed E-state index contributed by atoms with van der Waals surface area (Å²) in [5, 5.41) is 2.93. The van der Waals surface area contributed by atoms with Crippen LogP contribution in [0.1, 0.15) is 48.0 Å². The van der Waals surface area contributed by atoms with Crippen molar-refractivity contribution in [2.24, 2.45) is 5.92 Å². The molecule has 2 amide bonds. The highest BCUT2D eigenvalue weighted by Crippen LogP contribution is 2.24. The second-order valence-corrected chi connectivity index (χ2v) is 7.87. The molecule has 0 radical (unpaired) electrons. The first kappa shape index (κ1) is 22.5. The molecule has 164 valence electrons. The predicted molar refractivity (Wildman–Crippen MR) is 122 cm³/mol. The summed E-state index contributed by atoms with van der Waals surface area (Å²) in [7, 11) is 1.62. The Morgan fingerprint density at radius 3 is 2.61 bits per heavy atom. The van der Waals surface area contributed by atoms with Gasteiger partial charge in [-0.25, -0.2) is 0 Å². The SMILES string of the molecule is COc1ccc(C(=O)N2CCC(CCCCNC(=O)/C=C/c3cccnc3)CC2)cc1. The largest absolute Gasteiger partial charge is 0.497 e. The number of aromatic nitrogens is 1. The average Bonchev–Trinajstić information content (AvgIpc) is 2.83. The van der Waals surface area contributed by atoms with Crippen LogP contribution in [0.15, 0.2) is 54.9 Å². The van der Waals surface area contributed by atoms with Gasteiger partial charge in [-0.1, -0.05) is 18.9 Å². The topological polar surface area (TPSA) is 71.5 Å². The minimum atomic E-state index is -0.0748. The summed E-state index contributed by atoms with van der Waals surface area (Å²) in [6.07, 6.45) is 12.0. The molecule has 31 heavy (non-hydrogen) atoms. The van der Waals surface area contributed by atoms with Gasteiger partial charge in [-0.15, -0.1) is 0 Å². The molecule has 0 aliphatic carbocycles. The number of unbranched alkanes of at least 4 members (excludes halogenated alkanes) is 1. The summed E-state index contributed by atoms with van der Waals surface area (Å²) in [4.78, 5) is 30.5. The standard InChI is InChI=1S/C25H31N3O3/c1-31-23-10-8-22(9-11-23)25(30)28-17-13-20(14-18-28)5-2-3-16-27-24(29)12-7-21-6-4-15-26-19-21/h4,6-12,15,19-20H,2-3,5,13-14,16-18H2,1H3,(H,27,29)/b12-7+. The van der Waals surface area contributed by atoms with Gasteiger partial charge >= 0.3 is 0 Å². The molecule has 0 atom stereocenters. The summed E-state index contributed by atoms with van der Waals surface area (Å²) in [6.45, 7) is 2.31. The summed E-state index contributed by atoms with van der Waals surface area (Å²) in [5.41, 5.74) is 1.63. The Bertz CT molecular complexity index is 857. The number of likely N-dealkylation sites (tertiary alicyclic amines) is 1. The molecule has 0 unspecified atom stereocenters. The molecule has 0 spiro atoms. The molecule has 1 saturated heterocycles. The van der Waals surface area contributed by atoms with Crippen LogP contribution in [0.5, 0.6) is 5.75 Å². The Morgan fingerprint density at radius 1 is 1.16 bits per heavy atom. The fraction of sp³-hybridized carbons (Fsp3) is 0.400. The van der Waals surface area contributed by atoms with Crippen LogP contribution in [0.2, 0.25) is 0 Å². The second kappa shape index (κ2) is 11.9. The number of rotatable bonds is 9. The highest BCUT2D eigenvalue weighted by Gasteiger charge is 2.23. The first-order valence-corrected chi connectivity index (χ1v) is 10.9. The van der Waals surface area contributed by atoms with Gasteiger partial charge in [-0.3, -0.25) is 14.6 Å². The maximum atomic E-state index is 12.6. The Hall–Kier alpha value is -3.15. The Balaban J connectivity index is 1.28. The highest BCUT2D eigenvalue weighted by molar-refractivity contribution is 5.94. The van der Waals surface area contributed by atoms with Crippen molar-refractivity contribution in [2.75, 3.05) is 26.7 Å². The average molecular weight is 422 g/mol. The van der Waals surface area contributed by atoms with E-state index in [9.17, 15) is 9.59 Å². The van der Waals surface area contributed by atoms with Crippen molar-refractivity contribution >= 4 is 17.9 Å². The van der Waals surface area contributed by atoms with Crippen LogP contribution in [0.3, 0.4) is 0 Å². The van der Waals surface area contributed by atoms with Gasteiger partial charge in [0.1, 0.15) is 5.75 Å². The molecule has 6 nitrogen and oxygen atoms in total. The van der Waals surface area contributed by atoms with E-state index in [-0.39, 0.29) is 11.8 Å². The van der Waals surface area contributed by atoms with Crippen molar-refractivity contribution in [2.45, 2.75) is 32.1 Å². The van der Waals surface area contributed by atoms with Crippen molar-refractivity contribution in [1.29, 1.82) is 0 Å². The number of methoxy groups -OCH3 is 1. The fourth-order valence-corrected chi connectivity index (χ4v) is 3.82. The van der Waals surface area contributed by atoms with Crippen LogP contribution in [-0.4, -0.2) is 48.4 Å². The van der Waals surface area contributed by atoms with Crippen LogP contribution in [-0.2, 0) is 4.79 Å². The van der Waals surface area contributed by atoms with E-state index < -0.39 is 0 Å². The Morgan fingerprint density at radius 2 is 1.94 bits per heavy atom. The van der Waals surface area contributed by atoms with Crippen LogP contribution in [0, 0.1) is 5.92 Å². The molecule has 1 aliphatic rings. The lowest BCUT2D eigenvalue weighted by Crippen LogP contribution is -2.38. The molecule has 1 aromatic carbocycles. The number of hydrogen-bond donors (Lipinski definition) is 1. The van der Waals surface area contributed by atoms with Gasteiger partial charge in [-0.2, -0.15) is 0 Å². The fourth-order valence-electron chi connectivity index (χ4n) is 3.82. The number of hydrogen-bond acceptors (Lipinski definition) is 4. The van der Waals surface area contributed by atoms with E-state index in [2.05, 4.69) is 10.3 Å². The van der Waals surface area contributed by atoms with Crippen molar-refractivity contribution in [3.05, 3.63) is 66.0 Å². The van der Waals surface area contributed by atoms with Crippen molar-refractivity contribution in [3.63, 3.8) is 0 Å². The van der Waals surface area contributed by atoms with E-state index in [1.165, 1.54) is 0 Å². The summed E-state index contributed by atoms with van der Waals surface area (Å²) >= 11 is 0. The third-order valence-electron chi connectivity index (χ3n) is 5.69. The predicted octanol–water partition coefficient (Wildman–Crippen LogP) is 3.94. The highest BCUT2D eigenvalue weighted by atomic mass is 16.5. The van der Waals surface area contributed by atoms with E-state index in [1.807, 2.05) is 41.3 Å². The monoisotopic (exact) mass is 421 g/mol. The van der Waals surface area contributed by atoms with Gasteiger partial charge in [0.15, 0.2) is 0 Å². The second-order valence-electron chi connectivity index (χ2n) is 7.87. The summed E-state index contributed by atoms with van der Waals surface area (Å²) in [6, 6.07) is 11.1. The lowest BCUT2D eigenvalue weighted by atomic mass is 9.91. The molecule has 1 fully saturated rings. The van der Waals surface area contributed by atoms with Gasteiger partial charge in [0.2, 0.25) is 5.91 Å². The van der Waals surface area contributed by atoms with Crippen LogP contribution in [0.4, 0.5) is 0 Å². The van der Waals surface area contributed by atoms with E-state index >= 15 is 0 Å². The smallest absolute Gasteiger partial charge is 0.253 e. The van der Waals surface area contributed by atoms with E-state index in [0.717, 1.165) is 56.5 Å². The Labute approximate surface area is 184 Å². The third-order valence-corrected chi connectivity index (χ3v) is 5.69. The van der Waals surface area contributed by atoms with E-state index in [1.54, 1.807) is 31.7 Å². The van der Waals surface area contributed by atoms with Crippen LogP contribution < -0.4 is 10.1 Å². The Kier molecular flexibility index (Phi) is 8.64. The molecular weight excluding hydrogens is 390 g/mol. The first-order chi connectivity index (χ1) is 15.2. The van der Waals surface area contributed by atoms with Gasteiger partial charge < -0.3 is 15.0 Å². The van der Waals surface area contributed by atoms with Crippen molar-refractivity contribution in [3.8, 4) is 5.75 Å². The van der Waals surface area contributed by atoms with Gasteiger partial charge in [0.05, 0.1) is 7.11 Å². The number of piperidine rings is 1. The molecule has 0 saturated carbocycles. The molecule has 1 aromatic heterocycles. The zero-order chi connectivity index (χ0) is 21.9. The maximum Gasteiger partial charge on any atom is 0.253 e. The van der Waals surface area contributed by atoms with E-state index in [4.69, 9.17) is 4.74 Å². The third kappa shape index (κ3) is 7.24. The number of carbonyl (C=O) groups excluding carboxylic acids is 2. The molecule has 2 aromatic rings. The molecule has 6 heteroatoms. The van der Waals surface area contributed by atoms with Crippen LogP contribution >= 0.6 is 0 Å². The number of pyridine rings is 1. The van der Waals surface area contributed by atoms with Crippen molar-refractivity contribution < 1.29 is 14.3 Å². The number of amides is 2. The minimum absolute atomic E-state index is 0.0748. The quantitative estimate of drug-likeness (QED) is 0.492. The summed E-state index contributed by atoms with van der Waals surface area (Å²) in [5.74, 6) is 1.44. The van der Waals surface area contributed by atoms with Crippen molar-refractivity contribution in [1.82, 2.24) is 15.2 Å². The molecule has 1 aliphatic heterocycles. The normalized spacial score (nSPS) is 14.5. The van der Waals surface area contributed by atoms with Gasteiger partial charge in [-0.05, 0) is 67.2 Å². The number of nitrogens with one attached hydrogen (secondary N) is 1. The lowest BCUT2D eigenvalue weighted by Gasteiger charge is -2.32. The minimum Gasteiger partial charge on any atom is -0.497 e. The molecular formula is C25H31N3O3. The number of carbonyl (C=O) groups is 2. The van der Waals surface area contributed by atoms with Crippen LogP contribution in [0.25, 0.3) is 6.08 Å². The number of ether oxygens (including phenoxy) is 1. The summed E-state index contributed by atoms with van der Waals surface area (Å²) < 4.78 is 5.15. The zero-order valence-corrected chi connectivity index (χ0v) is 18.1. The maximum absolute atomic E-state index is 12.6. The molecule has 3 rings (SSSR count). The number of nitrogens with zero attached hydrogens (tertiary/aromatic N) is 2. The first-order valence-electron chi connectivity index (χ1n) is 10.9. The molecule has 1 N–H and O–H groups in total. The van der Waals surface area contributed by atoms with Gasteiger partial charge in [0.25, 0.3) is 5.91 Å². The molecule has 2 heterocycles. The number of benzene rings is 1. The van der Waals surface area contributed by atoms with E-state index in [0.29, 0.717) is 18.0 Å². The zero-order valence-electron chi connectivity index (χ0n) is 18.1. The lowest BCUT2D eigenvalue weighted by molar-refractivity contribution is -0.116. The van der Waals surface area contributed by atoms with Gasteiger partial charge in [0, 0.05) is 43.7 Å².